The van der Waals surface area contributed by atoms with Crippen LogP contribution in [0.5, 0.6) is 0 Å². The Bertz CT molecular complexity index is 608. The van der Waals surface area contributed by atoms with Gasteiger partial charge in [-0.05, 0) is 53.4 Å². The van der Waals surface area contributed by atoms with Crippen LogP contribution in [0.2, 0.25) is 0 Å². The van der Waals surface area contributed by atoms with Crippen molar-refractivity contribution in [2.24, 2.45) is 5.92 Å². The molecule has 1 fully saturated rings. The molecule has 7 heteroatoms. The fourth-order valence-electron chi connectivity index (χ4n) is 3.51. The van der Waals surface area contributed by atoms with Gasteiger partial charge in [0.25, 0.3) is 0 Å². The average molecular weight is 395 g/mol. The minimum Gasteiger partial charge on any atom is -0.466 e. The second-order valence-corrected chi connectivity index (χ2v) is 8.47. The van der Waals surface area contributed by atoms with E-state index in [4.69, 9.17) is 9.47 Å². The summed E-state index contributed by atoms with van der Waals surface area (Å²) in [5.74, 6) is -0.310. The Labute approximate surface area is 168 Å². The summed E-state index contributed by atoms with van der Waals surface area (Å²) in [5.41, 5.74) is 0.704. The number of hydrogen-bond donors (Lipinski definition) is 0. The van der Waals surface area contributed by atoms with Crippen molar-refractivity contribution < 1.29 is 23.9 Å². The Hall–Kier alpha value is -2.05. The molecule has 0 spiro atoms. The molecular weight excluding hydrogens is 360 g/mol. The molecule has 0 radical (unpaired) electrons. The number of carbonyl (C=O) groups excluding carboxylic acids is 3. The maximum atomic E-state index is 12.6. The molecule has 158 valence electrons. The third-order valence-electron chi connectivity index (χ3n) is 5.01. The van der Waals surface area contributed by atoms with Gasteiger partial charge in [0.05, 0.1) is 12.5 Å². The largest absolute Gasteiger partial charge is 0.466 e. The molecule has 7 nitrogen and oxygen atoms in total. The lowest BCUT2D eigenvalue weighted by Crippen LogP contribution is -2.42. The number of ether oxygens (including phenoxy) is 2. The zero-order chi connectivity index (χ0) is 20.7. The van der Waals surface area contributed by atoms with Crippen molar-refractivity contribution in [1.82, 2.24) is 9.80 Å². The summed E-state index contributed by atoms with van der Waals surface area (Å²) < 4.78 is 10.5. The molecule has 0 bridgehead atoms. The predicted molar refractivity (Wildman–Crippen MR) is 106 cm³/mol. The molecule has 2 aliphatic rings. The van der Waals surface area contributed by atoms with Crippen LogP contribution < -0.4 is 0 Å². The van der Waals surface area contributed by atoms with Crippen LogP contribution in [0.3, 0.4) is 0 Å². The first kappa shape index (κ1) is 22.2. The summed E-state index contributed by atoms with van der Waals surface area (Å²) >= 11 is 0. The molecule has 0 aromatic heterocycles. The molecule has 0 N–H and O–H groups in total. The van der Waals surface area contributed by atoms with E-state index in [0.717, 1.165) is 19.3 Å². The van der Waals surface area contributed by atoms with Crippen LogP contribution in [-0.4, -0.2) is 66.2 Å². The van der Waals surface area contributed by atoms with Gasteiger partial charge < -0.3 is 19.3 Å². The van der Waals surface area contributed by atoms with Crippen molar-refractivity contribution in [1.29, 1.82) is 0 Å². The minimum absolute atomic E-state index is 0.0875. The third kappa shape index (κ3) is 6.84. The molecule has 2 aliphatic heterocycles. The second kappa shape index (κ2) is 9.94. The van der Waals surface area contributed by atoms with Gasteiger partial charge in [0.2, 0.25) is 5.91 Å². The van der Waals surface area contributed by atoms with Gasteiger partial charge in [-0.25, -0.2) is 4.79 Å². The number of nitrogens with zero attached hydrogens (tertiary/aromatic N) is 2. The van der Waals surface area contributed by atoms with Crippen LogP contribution in [0.1, 0.15) is 59.8 Å². The SMILES string of the molecule is CCOC(=O)C1CCCN(C(=O)CCC2=CCN(C(=O)OC(C)(C)C)CC2)C1. The van der Waals surface area contributed by atoms with Crippen LogP contribution >= 0.6 is 0 Å². The predicted octanol–water partition coefficient (Wildman–Crippen LogP) is 3.14. The van der Waals surface area contributed by atoms with E-state index < -0.39 is 5.60 Å². The quantitative estimate of drug-likeness (QED) is 0.529. The number of carbonyl (C=O) groups is 3. The second-order valence-electron chi connectivity index (χ2n) is 8.47. The zero-order valence-corrected chi connectivity index (χ0v) is 17.7. The first-order valence-corrected chi connectivity index (χ1v) is 10.3. The van der Waals surface area contributed by atoms with Crippen LogP contribution in [-0.2, 0) is 19.1 Å². The maximum Gasteiger partial charge on any atom is 0.410 e. The van der Waals surface area contributed by atoms with Crippen molar-refractivity contribution in [3.8, 4) is 0 Å². The molecule has 0 saturated carbocycles. The van der Waals surface area contributed by atoms with Crippen molar-refractivity contribution in [2.45, 2.75) is 65.4 Å². The fourth-order valence-corrected chi connectivity index (χ4v) is 3.51. The molecule has 28 heavy (non-hydrogen) atoms. The number of esters is 1. The molecule has 1 unspecified atom stereocenters. The summed E-state index contributed by atoms with van der Waals surface area (Å²) in [6.45, 7) is 10.0. The summed E-state index contributed by atoms with van der Waals surface area (Å²) in [4.78, 5) is 40.1. The number of likely N-dealkylation sites (tertiary alicyclic amines) is 1. The Morgan fingerprint density at radius 2 is 1.93 bits per heavy atom. The monoisotopic (exact) mass is 394 g/mol. The highest BCUT2D eigenvalue weighted by Gasteiger charge is 2.29. The van der Waals surface area contributed by atoms with Crippen molar-refractivity contribution in [3.63, 3.8) is 0 Å². The van der Waals surface area contributed by atoms with Crippen molar-refractivity contribution >= 4 is 18.0 Å². The Morgan fingerprint density at radius 1 is 1.18 bits per heavy atom. The van der Waals surface area contributed by atoms with E-state index >= 15 is 0 Å². The first-order valence-electron chi connectivity index (χ1n) is 10.3. The standard InChI is InChI=1S/C21H34N2O5/c1-5-27-19(25)17-7-6-12-23(15-17)18(24)9-8-16-10-13-22(14-11-16)20(26)28-21(2,3)4/h10,17H,5-9,11-15H2,1-4H3. The van der Waals surface area contributed by atoms with Crippen LogP contribution in [0, 0.1) is 5.92 Å². The highest BCUT2D eigenvalue weighted by atomic mass is 16.6. The van der Waals surface area contributed by atoms with Gasteiger partial charge in [-0.2, -0.15) is 0 Å². The van der Waals surface area contributed by atoms with Crippen LogP contribution in [0.4, 0.5) is 4.79 Å². The molecule has 1 atom stereocenters. The van der Waals surface area contributed by atoms with Gasteiger partial charge in [-0.1, -0.05) is 11.6 Å². The molecular formula is C21H34N2O5. The van der Waals surface area contributed by atoms with E-state index in [2.05, 4.69) is 0 Å². The normalized spacial score (nSPS) is 20.4. The van der Waals surface area contributed by atoms with Crippen LogP contribution in [0.15, 0.2) is 11.6 Å². The number of rotatable bonds is 5. The minimum atomic E-state index is -0.497. The molecule has 2 rings (SSSR count). The maximum absolute atomic E-state index is 12.6. The summed E-state index contributed by atoms with van der Waals surface area (Å²) in [5, 5.41) is 0. The molecule has 0 aromatic rings. The highest BCUT2D eigenvalue weighted by Crippen LogP contribution is 2.22. The average Bonchev–Trinajstić information content (AvgIpc) is 2.65. The van der Waals surface area contributed by atoms with Crippen molar-refractivity contribution in [3.05, 3.63) is 11.6 Å². The van der Waals surface area contributed by atoms with Gasteiger partial charge >= 0.3 is 12.1 Å². The van der Waals surface area contributed by atoms with Gasteiger partial charge in [0.15, 0.2) is 0 Å². The fraction of sp³-hybridized carbons (Fsp3) is 0.762. The molecule has 0 aliphatic carbocycles. The van der Waals surface area contributed by atoms with Gasteiger partial charge in [-0.15, -0.1) is 0 Å². The molecule has 0 aromatic carbocycles. The Morgan fingerprint density at radius 3 is 2.54 bits per heavy atom. The molecule has 2 amide bonds. The Kier molecular flexibility index (Phi) is 7.89. The summed E-state index contributed by atoms with van der Waals surface area (Å²) in [6, 6.07) is 0. The highest BCUT2D eigenvalue weighted by molar-refractivity contribution is 5.78. The van der Waals surface area contributed by atoms with E-state index in [0.29, 0.717) is 45.6 Å². The first-order chi connectivity index (χ1) is 13.2. The van der Waals surface area contributed by atoms with E-state index in [1.165, 1.54) is 5.57 Å². The van der Waals surface area contributed by atoms with E-state index in [9.17, 15) is 14.4 Å². The lowest BCUT2D eigenvalue weighted by atomic mass is 9.97. The number of amides is 2. The lowest BCUT2D eigenvalue weighted by Gasteiger charge is -2.32. The summed E-state index contributed by atoms with van der Waals surface area (Å²) in [6.07, 6.45) is 5.25. The molecule has 2 heterocycles. The third-order valence-corrected chi connectivity index (χ3v) is 5.01. The molecule has 1 saturated heterocycles. The van der Waals surface area contributed by atoms with Gasteiger partial charge in [-0.3, -0.25) is 9.59 Å². The number of piperidine rings is 1. The van der Waals surface area contributed by atoms with Gasteiger partial charge in [0.1, 0.15) is 5.60 Å². The zero-order valence-electron chi connectivity index (χ0n) is 17.7. The number of hydrogen-bond acceptors (Lipinski definition) is 5. The smallest absolute Gasteiger partial charge is 0.410 e. The Balaban J connectivity index is 1.77. The lowest BCUT2D eigenvalue weighted by molar-refractivity contribution is -0.151. The van der Waals surface area contributed by atoms with E-state index in [-0.39, 0.29) is 23.9 Å². The van der Waals surface area contributed by atoms with E-state index in [1.807, 2.05) is 26.8 Å². The topological polar surface area (TPSA) is 76.2 Å². The van der Waals surface area contributed by atoms with Crippen molar-refractivity contribution in [2.75, 3.05) is 32.8 Å². The summed E-state index contributed by atoms with van der Waals surface area (Å²) in [7, 11) is 0. The van der Waals surface area contributed by atoms with Gasteiger partial charge in [0, 0.05) is 32.6 Å². The van der Waals surface area contributed by atoms with E-state index in [1.54, 1.807) is 16.7 Å². The van der Waals surface area contributed by atoms with Crippen LogP contribution in [0.25, 0.3) is 0 Å².